The number of halogens is 1. The van der Waals surface area contributed by atoms with E-state index in [-0.39, 0.29) is 12.5 Å². The summed E-state index contributed by atoms with van der Waals surface area (Å²) >= 11 is 6.02. The van der Waals surface area contributed by atoms with E-state index in [2.05, 4.69) is 0 Å². The first-order chi connectivity index (χ1) is 7.91. The first kappa shape index (κ1) is 14.3. The second kappa shape index (κ2) is 6.24. The maximum atomic E-state index is 9.61. The lowest BCUT2D eigenvalue weighted by atomic mass is 10.1. The van der Waals surface area contributed by atoms with Crippen LogP contribution in [0.5, 0.6) is 5.75 Å². The van der Waals surface area contributed by atoms with Crippen LogP contribution in [0.15, 0.2) is 18.2 Å². The summed E-state index contributed by atoms with van der Waals surface area (Å²) in [5.74, 6) is 0.668. The van der Waals surface area contributed by atoms with Gasteiger partial charge in [-0.1, -0.05) is 31.5 Å². The zero-order valence-electron chi connectivity index (χ0n) is 10.4. The standard InChI is InChI=1S/C13H19ClO3/c1-8(2)12(16)7-17-13-5-4-10(9(3)15)6-11(13)14/h4-6,8-9,12,15-16H,7H2,1-3H3/t9-,12?/m0/s1. The van der Waals surface area contributed by atoms with Crippen molar-refractivity contribution in [1.82, 2.24) is 0 Å². The van der Waals surface area contributed by atoms with E-state index in [4.69, 9.17) is 16.3 Å². The summed E-state index contributed by atoms with van der Waals surface area (Å²) in [6.07, 6.45) is -1.06. The smallest absolute Gasteiger partial charge is 0.138 e. The highest BCUT2D eigenvalue weighted by Gasteiger charge is 2.12. The van der Waals surface area contributed by atoms with Gasteiger partial charge < -0.3 is 14.9 Å². The Kier molecular flexibility index (Phi) is 5.25. The summed E-state index contributed by atoms with van der Waals surface area (Å²) in [5, 5.41) is 19.4. The molecule has 1 unspecified atom stereocenters. The number of benzene rings is 1. The third-order valence-corrected chi connectivity index (χ3v) is 2.91. The summed E-state index contributed by atoms with van der Waals surface area (Å²) < 4.78 is 5.43. The highest BCUT2D eigenvalue weighted by molar-refractivity contribution is 6.32. The van der Waals surface area contributed by atoms with E-state index < -0.39 is 12.2 Å². The fraction of sp³-hybridized carbons (Fsp3) is 0.538. The van der Waals surface area contributed by atoms with Gasteiger partial charge in [0.2, 0.25) is 0 Å². The van der Waals surface area contributed by atoms with Crippen LogP contribution < -0.4 is 4.74 Å². The van der Waals surface area contributed by atoms with Gasteiger partial charge in [-0.3, -0.25) is 0 Å². The fourth-order valence-corrected chi connectivity index (χ4v) is 1.51. The Bertz CT molecular complexity index is 364. The Morgan fingerprint density at radius 1 is 1.24 bits per heavy atom. The first-order valence-corrected chi connectivity index (χ1v) is 6.08. The molecule has 3 nitrogen and oxygen atoms in total. The number of rotatable bonds is 5. The van der Waals surface area contributed by atoms with Crippen LogP contribution >= 0.6 is 11.6 Å². The average molecular weight is 259 g/mol. The first-order valence-electron chi connectivity index (χ1n) is 5.70. The molecule has 0 amide bonds. The summed E-state index contributed by atoms with van der Waals surface area (Å²) in [5.41, 5.74) is 0.742. The second-order valence-corrected chi connectivity index (χ2v) is 4.90. The van der Waals surface area contributed by atoms with Crippen LogP contribution in [0.3, 0.4) is 0 Å². The van der Waals surface area contributed by atoms with E-state index in [0.717, 1.165) is 5.56 Å². The lowest BCUT2D eigenvalue weighted by Crippen LogP contribution is -2.23. The molecule has 4 heteroatoms. The maximum absolute atomic E-state index is 9.61. The van der Waals surface area contributed by atoms with Gasteiger partial charge >= 0.3 is 0 Å². The molecule has 1 rings (SSSR count). The minimum absolute atomic E-state index is 0.144. The van der Waals surface area contributed by atoms with Gasteiger partial charge in [-0.15, -0.1) is 0 Å². The normalized spacial score (nSPS) is 14.8. The van der Waals surface area contributed by atoms with E-state index in [1.807, 2.05) is 13.8 Å². The van der Waals surface area contributed by atoms with Crippen molar-refractivity contribution < 1.29 is 14.9 Å². The SMILES string of the molecule is CC(C)C(O)COc1ccc([C@H](C)O)cc1Cl. The van der Waals surface area contributed by atoms with Crippen molar-refractivity contribution in [3.05, 3.63) is 28.8 Å². The van der Waals surface area contributed by atoms with Gasteiger partial charge in [0.25, 0.3) is 0 Å². The molecule has 96 valence electrons. The van der Waals surface area contributed by atoms with E-state index in [9.17, 15) is 10.2 Å². The van der Waals surface area contributed by atoms with Crippen molar-refractivity contribution in [3.63, 3.8) is 0 Å². The van der Waals surface area contributed by atoms with Crippen LogP contribution in [0.1, 0.15) is 32.4 Å². The van der Waals surface area contributed by atoms with E-state index in [0.29, 0.717) is 10.8 Å². The minimum Gasteiger partial charge on any atom is -0.489 e. The quantitative estimate of drug-likeness (QED) is 0.854. The highest BCUT2D eigenvalue weighted by Crippen LogP contribution is 2.28. The Morgan fingerprint density at radius 3 is 2.35 bits per heavy atom. The number of ether oxygens (including phenoxy) is 1. The largest absolute Gasteiger partial charge is 0.489 e. The molecular formula is C13H19ClO3. The zero-order valence-corrected chi connectivity index (χ0v) is 11.1. The summed E-state index contributed by atoms with van der Waals surface area (Å²) in [6, 6.07) is 5.13. The summed E-state index contributed by atoms with van der Waals surface area (Å²) in [4.78, 5) is 0. The third-order valence-electron chi connectivity index (χ3n) is 2.62. The molecule has 1 aromatic rings. The second-order valence-electron chi connectivity index (χ2n) is 4.49. The Labute approximate surface area is 107 Å². The van der Waals surface area contributed by atoms with Crippen molar-refractivity contribution in [2.75, 3.05) is 6.61 Å². The molecule has 2 N–H and O–H groups in total. The molecule has 0 aliphatic rings. The molecule has 2 atom stereocenters. The molecule has 0 fully saturated rings. The molecule has 1 aromatic carbocycles. The monoisotopic (exact) mass is 258 g/mol. The Hall–Kier alpha value is -0.770. The van der Waals surface area contributed by atoms with Gasteiger partial charge in [0.15, 0.2) is 0 Å². The molecule has 0 saturated heterocycles. The third kappa shape index (κ3) is 4.19. The lowest BCUT2D eigenvalue weighted by Gasteiger charge is -2.16. The lowest BCUT2D eigenvalue weighted by molar-refractivity contribution is 0.0701. The van der Waals surface area contributed by atoms with Gasteiger partial charge in [-0.2, -0.15) is 0 Å². The molecule has 0 aromatic heterocycles. The van der Waals surface area contributed by atoms with Gasteiger partial charge in [0.05, 0.1) is 17.2 Å². The predicted molar refractivity (Wildman–Crippen MR) is 68.4 cm³/mol. The van der Waals surface area contributed by atoms with E-state index in [1.54, 1.807) is 25.1 Å². The van der Waals surface area contributed by atoms with Crippen LogP contribution in [0, 0.1) is 5.92 Å². The maximum Gasteiger partial charge on any atom is 0.138 e. The Morgan fingerprint density at radius 2 is 1.88 bits per heavy atom. The average Bonchev–Trinajstić information content (AvgIpc) is 2.26. The Balaban J connectivity index is 2.67. The topological polar surface area (TPSA) is 49.7 Å². The van der Waals surface area contributed by atoms with Gasteiger partial charge in [0, 0.05) is 0 Å². The zero-order chi connectivity index (χ0) is 13.0. The molecule has 0 heterocycles. The predicted octanol–water partition coefficient (Wildman–Crippen LogP) is 2.79. The van der Waals surface area contributed by atoms with Crippen molar-refractivity contribution in [2.45, 2.75) is 33.0 Å². The van der Waals surface area contributed by atoms with Crippen LogP contribution in [-0.4, -0.2) is 22.9 Å². The van der Waals surface area contributed by atoms with E-state index >= 15 is 0 Å². The highest BCUT2D eigenvalue weighted by atomic mass is 35.5. The number of aliphatic hydroxyl groups is 2. The number of hydrogen-bond acceptors (Lipinski definition) is 3. The molecule has 17 heavy (non-hydrogen) atoms. The van der Waals surface area contributed by atoms with Gasteiger partial charge in [-0.05, 0) is 30.5 Å². The molecule has 0 aliphatic carbocycles. The van der Waals surface area contributed by atoms with Crippen LogP contribution in [0.25, 0.3) is 0 Å². The van der Waals surface area contributed by atoms with Gasteiger partial charge in [0.1, 0.15) is 12.4 Å². The van der Waals surface area contributed by atoms with Gasteiger partial charge in [-0.25, -0.2) is 0 Å². The summed E-state index contributed by atoms with van der Waals surface area (Å²) in [7, 11) is 0. The van der Waals surface area contributed by atoms with Crippen LogP contribution in [-0.2, 0) is 0 Å². The number of hydrogen-bond donors (Lipinski definition) is 2. The van der Waals surface area contributed by atoms with E-state index in [1.165, 1.54) is 0 Å². The fourth-order valence-electron chi connectivity index (χ4n) is 1.26. The van der Waals surface area contributed by atoms with Crippen molar-refractivity contribution in [1.29, 1.82) is 0 Å². The van der Waals surface area contributed by atoms with Crippen LogP contribution in [0.4, 0.5) is 0 Å². The van der Waals surface area contributed by atoms with Crippen LogP contribution in [0.2, 0.25) is 5.02 Å². The molecule has 0 saturated carbocycles. The molecule has 0 aliphatic heterocycles. The van der Waals surface area contributed by atoms with Crippen molar-refractivity contribution in [2.24, 2.45) is 5.92 Å². The van der Waals surface area contributed by atoms with Crippen molar-refractivity contribution in [3.8, 4) is 5.75 Å². The number of aliphatic hydroxyl groups excluding tert-OH is 2. The van der Waals surface area contributed by atoms with Crippen molar-refractivity contribution >= 4 is 11.6 Å². The summed E-state index contributed by atoms with van der Waals surface area (Å²) in [6.45, 7) is 5.73. The molecule has 0 spiro atoms. The minimum atomic E-state index is -0.553. The molecule has 0 bridgehead atoms. The molecular weight excluding hydrogens is 240 g/mol. The molecule has 0 radical (unpaired) electrons.